The van der Waals surface area contributed by atoms with Gasteiger partial charge in [-0.1, -0.05) is 0 Å². The number of hydrogen-bond acceptors (Lipinski definition) is 5. The Hall–Kier alpha value is -1.43. The van der Waals surface area contributed by atoms with Crippen LogP contribution in [0.2, 0.25) is 0 Å². The van der Waals surface area contributed by atoms with E-state index in [0.717, 1.165) is 11.8 Å². The van der Waals surface area contributed by atoms with Crippen LogP contribution >= 0.6 is 11.8 Å². The molecule has 0 aliphatic rings. The van der Waals surface area contributed by atoms with Crippen molar-refractivity contribution in [3.63, 3.8) is 0 Å². The molecule has 1 aromatic heterocycles. The number of furan rings is 1. The van der Waals surface area contributed by atoms with Crippen LogP contribution in [0.3, 0.4) is 0 Å². The Kier molecular flexibility index (Phi) is 4.23. The van der Waals surface area contributed by atoms with Crippen LogP contribution in [0.15, 0.2) is 16.7 Å². The summed E-state index contributed by atoms with van der Waals surface area (Å²) in [4.78, 5) is 21.4. The third-order valence-electron chi connectivity index (χ3n) is 1.61. The zero-order chi connectivity index (χ0) is 11.3. The van der Waals surface area contributed by atoms with Crippen molar-refractivity contribution in [1.82, 2.24) is 0 Å². The number of ether oxygens (including phenoxy) is 1. The quantitative estimate of drug-likeness (QED) is 0.770. The van der Waals surface area contributed by atoms with E-state index in [9.17, 15) is 9.59 Å². The van der Waals surface area contributed by atoms with Gasteiger partial charge in [-0.3, -0.25) is 4.79 Å². The van der Waals surface area contributed by atoms with E-state index in [1.165, 1.54) is 19.4 Å². The molecule has 0 unspecified atom stereocenters. The second-order valence-corrected chi connectivity index (χ2v) is 3.62. The lowest BCUT2D eigenvalue weighted by Crippen LogP contribution is -2.03. The Bertz CT molecular complexity index is 357. The average molecular weight is 230 g/mol. The van der Waals surface area contributed by atoms with Crippen molar-refractivity contribution in [3.05, 3.63) is 23.7 Å². The van der Waals surface area contributed by atoms with Crippen molar-refractivity contribution < 1.29 is 23.8 Å². The second kappa shape index (κ2) is 5.45. The highest BCUT2D eigenvalue weighted by atomic mass is 32.2. The fourth-order valence-corrected chi connectivity index (χ4v) is 1.66. The summed E-state index contributed by atoms with van der Waals surface area (Å²) in [7, 11) is 1.28. The molecule has 0 spiro atoms. The lowest BCUT2D eigenvalue weighted by Gasteiger charge is -1.99. The lowest BCUT2D eigenvalue weighted by molar-refractivity contribution is -0.133. The number of hydrogen-bond donors (Lipinski definition) is 1. The Labute approximate surface area is 90.4 Å². The number of carbonyl (C=O) groups is 2. The first-order valence-electron chi connectivity index (χ1n) is 4.09. The minimum atomic E-state index is -0.897. The van der Waals surface area contributed by atoms with Crippen LogP contribution in [0.4, 0.5) is 0 Å². The molecule has 0 aromatic carbocycles. The van der Waals surface area contributed by atoms with Crippen molar-refractivity contribution in [2.75, 3.05) is 12.9 Å². The monoisotopic (exact) mass is 230 g/mol. The molecule has 1 heterocycles. The van der Waals surface area contributed by atoms with Gasteiger partial charge >= 0.3 is 11.9 Å². The van der Waals surface area contributed by atoms with Gasteiger partial charge in [-0.15, -0.1) is 11.8 Å². The van der Waals surface area contributed by atoms with Crippen molar-refractivity contribution >= 4 is 23.7 Å². The molecular weight excluding hydrogens is 220 g/mol. The van der Waals surface area contributed by atoms with Crippen molar-refractivity contribution in [3.8, 4) is 0 Å². The molecule has 0 saturated heterocycles. The zero-order valence-electron chi connectivity index (χ0n) is 8.06. The number of esters is 1. The Balaban J connectivity index is 2.57. The largest absolute Gasteiger partial charge is 0.481 e. The Morgan fingerprint density at radius 3 is 2.93 bits per heavy atom. The molecule has 82 valence electrons. The highest BCUT2D eigenvalue weighted by Gasteiger charge is 2.14. The first-order valence-corrected chi connectivity index (χ1v) is 5.25. The fraction of sp³-hybridized carbons (Fsp3) is 0.333. The Morgan fingerprint density at radius 1 is 1.60 bits per heavy atom. The first-order chi connectivity index (χ1) is 7.15. The number of aliphatic carboxylic acids is 1. The smallest absolute Gasteiger partial charge is 0.341 e. The van der Waals surface area contributed by atoms with E-state index in [1.807, 2.05) is 0 Å². The van der Waals surface area contributed by atoms with Gasteiger partial charge in [0.2, 0.25) is 0 Å². The molecule has 1 aromatic rings. The zero-order valence-corrected chi connectivity index (χ0v) is 8.87. The van der Waals surface area contributed by atoms with Crippen LogP contribution in [0, 0.1) is 0 Å². The van der Waals surface area contributed by atoms with Crippen molar-refractivity contribution in [1.29, 1.82) is 0 Å². The predicted molar refractivity (Wildman–Crippen MR) is 53.8 cm³/mol. The highest BCUT2D eigenvalue weighted by Crippen LogP contribution is 2.18. The molecule has 0 fully saturated rings. The number of thioether (sulfide) groups is 1. The van der Waals surface area contributed by atoms with Gasteiger partial charge < -0.3 is 14.3 Å². The van der Waals surface area contributed by atoms with Gasteiger partial charge in [-0.05, 0) is 6.07 Å². The number of rotatable bonds is 5. The third-order valence-corrected chi connectivity index (χ3v) is 2.53. The molecule has 0 radical (unpaired) electrons. The minimum Gasteiger partial charge on any atom is -0.481 e. The summed E-state index contributed by atoms with van der Waals surface area (Å²) in [6.45, 7) is 0. The van der Waals surface area contributed by atoms with Crippen LogP contribution in [0.1, 0.15) is 16.1 Å². The summed E-state index contributed by atoms with van der Waals surface area (Å²) in [5.41, 5.74) is 0.343. The third kappa shape index (κ3) is 3.32. The summed E-state index contributed by atoms with van der Waals surface area (Å²) >= 11 is 1.16. The lowest BCUT2D eigenvalue weighted by atomic mass is 10.3. The van der Waals surface area contributed by atoms with E-state index in [4.69, 9.17) is 9.52 Å². The highest BCUT2D eigenvalue weighted by molar-refractivity contribution is 7.99. The molecule has 0 bridgehead atoms. The van der Waals surface area contributed by atoms with E-state index < -0.39 is 11.9 Å². The van der Waals surface area contributed by atoms with E-state index >= 15 is 0 Å². The van der Waals surface area contributed by atoms with Gasteiger partial charge in [-0.2, -0.15) is 0 Å². The molecule has 0 atom stereocenters. The number of carbonyl (C=O) groups excluding carboxylic acids is 1. The van der Waals surface area contributed by atoms with Gasteiger partial charge in [0.25, 0.3) is 0 Å². The molecule has 0 saturated carbocycles. The molecule has 0 aliphatic carbocycles. The molecule has 0 amide bonds. The molecule has 0 aliphatic heterocycles. The van der Waals surface area contributed by atoms with E-state index in [-0.39, 0.29) is 5.75 Å². The van der Waals surface area contributed by atoms with Crippen molar-refractivity contribution in [2.45, 2.75) is 5.75 Å². The van der Waals surface area contributed by atoms with Gasteiger partial charge in [0.15, 0.2) is 0 Å². The number of methoxy groups -OCH3 is 1. The standard InChI is InChI=1S/C9H10O5S/c1-13-9(12)6-2-3-14-7(6)4-15-5-8(10)11/h2-3H,4-5H2,1H3,(H,10,11). The van der Waals surface area contributed by atoms with Crippen LogP contribution in [0.5, 0.6) is 0 Å². The summed E-state index contributed by atoms with van der Waals surface area (Å²) in [6, 6.07) is 1.50. The maximum atomic E-state index is 11.2. The summed E-state index contributed by atoms with van der Waals surface area (Å²) in [5.74, 6) is -0.626. The summed E-state index contributed by atoms with van der Waals surface area (Å²) in [6.07, 6.45) is 1.38. The van der Waals surface area contributed by atoms with E-state index in [1.54, 1.807) is 0 Å². The molecule has 1 N–H and O–H groups in total. The molecule has 5 nitrogen and oxygen atoms in total. The van der Waals surface area contributed by atoms with Crippen LogP contribution in [0.25, 0.3) is 0 Å². The fourth-order valence-electron chi connectivity index (χ4n) is 0.975. The van der Waals surface area contributed by atoms with E-state index in [2.05, 4.69) is 4.74 Å². The van der Waals surface area contributed by atoms with Gasteiger partial charge in [0, 0.05) is 0 Å². The topological polar surface area (TPSA) is 76.7 Å². The molecule has 15 heavy (non-hydrogen) atoms. The van der Waals surface area contributed by atoms with Gasteiger partial charge in [-0.25, -0.2) is 4.79 Å². The number of carboxylic acid groups (broad SMARTS) is 1. The average Bonchev–Trinajstić information content (AvgIpc) is 2.64. The minimum absolute atomic E-state index is 0.0265. The molecule has 6 heteroatoms. The summed E-state index contributed by atoms with van der Waals surface area (Å²) in [5, 5.41) is 8.42. The van der Waals surface area contributed by atoms with Crippen LogP contribution in [-0.2, 0) is 15.3 Å². The normalized spacial score (nSPS) is 9.93. The second-order valence-electron chi connectivity index (χ2n) is 2.64. The van der Waals surface area contributed by atoms with Gasteiger partial charge in [0.05, 0.1) is 24.9 Å². The molecular formula is C9H10O5S. The predicted octanol–water partition coefficient (Wildman–Crippen LogP) is 1.38. The van der Waals surface area contributed by atoms with Crippen LogP contribution in [-0.4, -0.2) is 29.9 Å². The SMILES string of the molecule is COC(=O)c1ccoc1CSCC(=O)O. The maximum Gasteiger partial charge on any atom is 0.341 e. The van der Waals surface area contributed by atoms with Crippen LogP contribution < -0.4 is 0 Å². The summed E-state index contributed by atoms with van der Waals surface area (Å²) < 4.78 is 9.59. The van der Waals surface area contributed by atoms with Crippen molar-refractivity contribution in [2.24, 2.45) is 0 Å². The Morgan fingerprint density at radius 2 is 2.33 bits per heavy atom. The first kappa shape index (κ1) is 11.6. The van der Waals surface area contributed by atoms with Gasteiger partial charge in [0.1, 0.15) is 11.3 Å². The number of carboxylic acids is 1. The molecule has 1 rings (SSSR count). The van der Waals surface area contributed by atoms with E-state index in [0.29, 0.717) is 17.1 Å². The maximum absolute atomic E-state index is 11.2.